The second-order valence-electron chi connectivity index (χ2n) is 5.13. The van der Waals surface area contributed by atoms with E-state index in [2.05, 4.69) is 10.4 Å². The van der Waals surface area contributed by atoms with Crippen LogP contribution in [0.2, 0.25) is 0 Å². The molecule has 0 radical (unpaired) electrons. The van der Waals surface area contributed by atoms with Crippen molar-refractivity contribution in [2.24, 2.45) is 5.92 Å². The molecular formula is C14H23N3O2. The number of aryl methyl sites for hydroxylation is 1. The molecule has 1 atom stereocenters. The Labute approximate surface area is 114 Å². The molecule has 1 aromatic rings. The fourth-order valence-corrected chi connectivity index (χ4v) is 2.58. The van der Waals surface area contributed by atoms with E-state index < -0.39 is 5.54 Å². The van der Waals surface area contributed by atoms with Gasteiger partial charge in [0.05, 0.1) is 13.2 Å². The van der Waals surface area contributed by atoms with E-state index in [1.165, 1.54) is 0 Å². The number of likely N-dealkylation sites (N-methyl/N-ethyl adjacent to an activating group) is 1. The van der Waals surface area contributed by atoms with Gasteiger partial charge in [0, 0.05) is 11.9 Å². The molecule has 1 N–H and O–H groups in total. The minimum atomic E-state index is -0.623. The molecule has 0 aromatic carbocycles. The van der Waals surface area contributed by atoms with Crippen LogP contribution >= 0.6 is 0 Å². The number of ether oxygens (including phenoxy) is 1. The zero-order chi connectivity index (χ0) is 13.9. The van der Waals surface area contributed by atoms with Crippen LogP contribution < -0.4 is 5.32 Å². The lowest BCUT2D eigenvalue weighted by Crippen LogP contribution is -2.58. The Kier molecular flexibility index (Phi) is 4.24. The fraction of sp³-hybridized carbons (Fsp3) is 0.714. The number of rotatable bonds is 7. The number of hydrogen-bond donors (Lipinski definition) is 1. The summed E-state index contributed by atoms with van der Waals surface area (Å²) in [4.78, 5) is 12.4. The van der Waals surface area contributed by atoms with E-state index in [9.17, 15) is 4.79 Å². The first kappa shape index (κ1) is 14.1. The third-order valence-corrected chi connectivity index (χ3v) is 3.73. The highest BCUT2D eigenvalue weighted by atomic mass is 16.5. The summed E-state index contributed by atoms with van der Waals surface area (Å²) < 4.78 is 7.19. The zero-order valence-corrected chi connectivity index (χ0v) is 12.0. The first-order valence-electron chi connectivity index (χ1n) is 7.04. The molecule has 19 heavy (non-hydrogen) atoms. The number of hydrogen-bond acceptors (Lipinski definition) is 4. The molecule has 0 spiro atoms. The van der Waals surface area contributed by atoms with Crippen LogP contribution in [0, 0.1) is 12.8 Å². The van der Waals surface area contributed by atoms with Gasteiger partial charge in [-0.15, -0.1) is 0 Å². The lowest BCUT2D eigenvalue weighted by Gasteiger charge is -2.32. The smallest absolute Gasteiger partial charge is 0.328 e. The van der Waals surface area contributed by atoms with Crippen molar-refractivity contribution in [3.05, 3.63) is 18.0 Å². The van der Waals surface area contributed by atoms with Crippen LogP contribution in [0.5, 0.6) is 0 Å². The minimum Gasteiger partial charge on any atom is -0.465 e. The molecule has 5 nitrogen and oxygen atoms in total. The predicted octanol–water partition coefficient (Wildman–Crippen LogP) is 1.51. The Morgan fingerprint density at radius 1 is 1.58 bits per heavy atom. The lowest BCUT2D eigenvalue weighted by atomic mass is 9.92. The molecule has 106 valence electrons. The number of esters is 1. The maximum absolute atomic E-state index is 12.4. The van der Waals surface area contributed by atoms with Crippen LogP contribution in [0.3, 0.4) is 0 Å². The first-order chi connectivity index (χ1) is 9.14. The Hall–Kier alpha value is -1.36. The standard InChI is InChI=1S/C14H23N3O2/c1-4-15-14(12-6-7-12,13(18)19-5-2)10-17-11(3)8-9-16-17/h8-9,12,15H,4-7,10H2,1-3H3. The van der Waals surface area contributed by atoms with Crippen molar-refractivity contribution >= 4 is 5.97 Å². The maximum atomic E-state index is 12.4. The number of carbonyl (C=O) groups excluding carboxylic acids is 1. The topological polar surface area (TPSA) is 56.2 Å². The second-order valence-corrected chi connectivity index (χ2v) is 5.13. The highest BCUT2D eigenvalue weighted by Crippen LogP contribution is 2.41. The van der Waals surface area contributed by atoms with E-state index in [4.69, 9.17) is 4.74 Å². The predicted molar refractivity (Wildman–Crippen MR) is 72.7 cm³/mol. The van der Waals surface area contributed by atoms with E-state index in [1.54, 1.807) is 6.20 Å². The van der Waals surface area contributed by atoms with Crippen molar-refractivity contribution in [2.45, 2.75) is 45.7 Å². The Balaban J connectivity index is 2.26. The summed E-state index contributed by atoms with van der Waals surface area (Å²) in [6.07, 6.45) is 3.92. The van der Waals surface area contributed by atoms with E-state index in [0.29, 0.717) is 19.1 Å². The minimum absolute atomic E-state index is 0.144. The average Bonchev–Trinajstić information content (AvgIpc) is 3.15. The van der Waals surface area contributed by atoms with Gasteiger partial charge in [-0.25, -0.2) is 4.79 Å². The van der Waals surface area contributed by atoms with Crippen LogP contribution in [0.1, 0.15) is 32.4 Å². The van der Waals surface area contributed by atoms with Crippen LogP contribution in [-0.4, -0.2) is 34.4 Å². The van der Waals surface area contributed by atoms with Crippen molar-refractivity contribution < 1.29 is 9.53 Å². The second kappa shape index (κ2) is 5.74. The number of carbonyl (C=O) groups is 1. The van der Waals surface area contributed by atoms with Crippen LogP contribution in [0.4, 0.5) is 0 Å². The summed E-state index contributed by atoms with van der Waals surface area (Å²) >= 11 is 0. The van der Waals surface area contributed by atoms with Crippen LogP contribution in [-0.2, 0) is 16.1 Å². The van der Waals surface area contributed by atoms with Gasteiger partial charge >= 0.3 is 5.97 Å². The number of nitrogens with zero attached hydrogens (tertiary/aromatic N) is 2. The van der Waals surface area contributed by atoms with E-state index in [1.807, 2.05) is 31.5 Å². The summed E-state index contributed by atoms with van der Waals surface area (Å²) in [6, 6.07) is 1.95. The van der Waals surface area contributed by atoms with Gasteiger partial charge in [0.25, 0.3) is 0 Å². The van der Waals surface area contributed by atoms with Crippen LogP contribution in [0.15, 0.2) is 12.3 Å². The van der Waals surface area contributed by atoms with Gasteiger partial charge in [-0.2, -0.15) is 5.10 Å². The van der Waals surface area contributed by atoms with Crippen molar-refractivity contribution in [1.29, 1.82) is 0 Å². The summed E-state index contributed by atoms with van der Waals surface area (Å²) in [5.74, 6) is 0.212. The van der Waals surface area contributed by atoms with E-state index >= 15 is 0 Å². The molecule has 2 rings (SSSR count). The molecule has 0 bridgehead atoms. The molecule has 1 aromatic heterocycles. The van der Waals surface area contributed by atoms with Gasteiger partial charge in [0.15, 0.2) is 0 Å². The Bertz CT molecular complexity index is 440. The fourth-order valence-electron chi connectivity index (χ4n) is 2.58. The third kappa shape index (κ3) is 2.81. The molecule has 0 aliphatic heterocycles. The summed E-state index contributed by atoms with van der Waals surface area (Å²) in [7, 11) is 0. The Morgan fingerprint density at radius 2 is 2.32 bits per heavy atom. The number of nitrogens with one attached hydrogen (secondary N) is 1. The van der Waals surface area contributed by atoms with Gasteiger partial charge in [-0.3, -0.25) is 4.68 Å². The van der Waals surface area contributed by atoms with Gasteiger partial charge < -0.3 is 10.1 Å². The maximum Gasteiger partial charge on any atom is 0.328 e. The van der Waals surface area contributed by atoms with Crippen molar-refractivity contribution in [2.75, 3.05) is 13.2 Å². The van der Waals surface area contributed by atoms with Gasteiger partial charge in [0.2, 0.25) is 0 Å². The largest absolute Gasteiger partial charge is 0.465 e. The molecule has 0 saturated heterocycles. The SMILES string of the molecule is CCNC(Cn1nccc1C)(C(=O)OCC)C1CC1. The van der Waals surface area contributed by atoms with Crippen LogP contribution in [0.25, 0.3) is 0 Å². The summed E-state index contributed by atoms with van der Waals surface area (Å²) in [5, 5.41) is 7.68. The Morgan fingerprint density at radius 3 is 2.79 bits per heavy atom. The molecule has 1 fully saturated rings. The molecule has 1 heterocycles. The molecule has 0 amide bonds. The first-order valence-corrected chi connectivity index (χ1v) is 7.04. The molecule has 1 unspecified atom stereocenters. The molecular weight excluding hydrogens is 242 g/mol. The lowest BCUT2D eigenvalue weighted by molar-refractivity contribution is -0.153. The molecule has 5 heteroatoms. The number of aromatic nitrogens is 2. The summed E-state index contributed by atoms with van der Waals surface area (Å²) in [6.45, 7) is 7.57. The highest BCUT2D eigenvalue weighted by molar-refractivity contribution is 5.81. The molecule has 1 aliphatic carbocycles. The average molecular weight is 265 g/mol. The normalized spacial score (nSPS) is 18.1. The van der Waals surface area contributed by atoms with Gasteiger partial charge in [-0.05, 0) is 45.2 Å². The van der Waals surface area contributed by atoms with Crippen molar-refractivity contribution in [1.82, 2.24) is 15.1 Å². The quantitative estimate of drug-likeness (QED) is 0.759. The third-order valence-electron chi connectivity index (χ3n) is 3.73. The molecule has 1 aliphatic rings. The van der Waals surface area contributed by atoms with E-state index in [0.717, 1.165) is 25.1 Å². The van der Waals surface area contributed by atoms with Crippen molar-refractivity contribution in [3.63, 3.8) is 0 Å². The van der Waals surface area contributed by atoms with Gasteiger partial charge in [-0.1, -0.05) is 6.92 Å². The van der Waals surface area contributed by atoms with Crippen molar-refractivity contribution in [3.8, 4) is 0 Å². The van der Waals surface area contributed by atoms with Gasteiger partial charge in [0.1, 0.15) is 5.54 Å². The zero-order valence-electron chi connectivity index (χ0n) is 12.0. The molecule has 1 saturated carbocycles. The summed E-state index contributed by atoms with van der Waals surface area (Å²) in [5.41, 5.74) is 0.439. The highest BCUT2D eigenvalue weighted by Gasteiger charge is 2.52. The van der Waals surface area contributed by atoms with E-state index in [-0.39, 0.29) is 5.97 Å². The monoisotopic (exact) mass is 265 g/mol.